The third kappa shape index (κ3) is 4.40. The lowest BCUT2D eigenvalue weighted by Gasteiger charge is -2.18. The van der Waals surface area contributed by atoms with Crippen LogP contribution in [0.15, 0.2) is 24.3 Å². The van der Waals surface area contributed by atoms with Gasteiger partial charge >= 0.3 is 6.36 Å². The van der Waals surface area contributed by atoms with E-state index in [-0.39, 0.29) is 11.8 Å². The molecule has 1 aromatic carbocycles. The van der Waals surface area contributed by atoms with E-state index in [1.807, 2.05) is 0 Å². The van der Waals surface area contributed by atoms with Gasteiger partial charge in [-0.2, -0.15) is 0 Å². The Bertz CT molecular complexity index is 399. The Morgan fingerprint density at radius 1 is 1.32 bits per heavy atom. The van der Waals surface area contributed by atoms with E-state index in [2.05, 4.69) is 10.1 Å². The summed E-state index contributed by atoms with van der Waals surface area (Å²) in [6.07, 6.45) is -2.80. The van der Waals surface area contributed by atoms with Gasteiger partial charge in [0.25, 0.3) is 0 Å². The molecule has 0 aliphatic carbocycles. The van der Waals surface area contributed by atoms with E-state index in [9.17, 15) is 18.3 Å². The summed E-state index contributed by atoms with van der Waals surface area (Å²) in [5.74, 6) is -0.246. The topological polar surface area (TPSA) is 41.5 Å². The Balaban J connectivity index is 1.91. The van der Waals surface area contributed by atoms with E-state index in [4.69, 9.17) is 0 Å². The van der Waals surface area contributed by atoms with Crippen LogP contribution in [0.4, 0.5) is 13.2 Å². The van der Waals surface area contributed by atoms with Crippen LogP contribution in [0.25, 0.3) is 0 Å². The molecule has 1 aliphatic heterocycles. The second kappa shape index (κ2) is 5.79. The Morgan fingerprint density at radius 2 is 2.00 bits per heavy atom. The molecule has 0 aromatic heterocycles. The average molecular weight is 275 g/mol. The molecule has 0 amide bonds. The first-order valence-electron chi connectivity index (χ1n) is 6.20. The Morgan fingerprint density at radius 3 is 2.53 bits per heavy atom. The number of rotatable bonds is 4. The maximum atomic E-state index is 12.0. The molecule has 2 atom stereocenters. The fourth-order valence-electron chi connectivity index (χ4n) is 2.25. The van der Waals surface area contributed by atoms with Crippen molar-refractivity contribution in [3.05, 3.63) is 29.8 Å². The Hall–Kier alpha value is -1.27. The van der Waals surface area contributed by atoms with Crippen LogP contribution in [0.2, 0.25) is 0 Å². The minimum Gasteiger partial charge on any atom is -0.406 e. The Kier molecular flexibility index (Phi) is 4.31. The first-order chi connectivity index (χ1) is 8.94. The van der Waals surface area contributed by atoms with Gasteiger partial charge in [0.1, 0.15) is 5.75 Å². The molecule has 0 radical (unpaired) electrons. The number of alkyl halides is 3. The fourth-order valence-corrected chi connectivity index (χ4v) is 2.25. The zero-order valence-corrected chi connectivity index (χ0v) is 10.3. The van der Waals surface area contributed by atoms with Crippen molar-refractivity contribution in [2.24, 2.45) is 0 Å². The van der Waals surface area contributed by atoms with Crippen LogP contribution in [0, 0.1) is 0 Å². The quantitative estimate of drug-likeness (QED) is 0.885. The number of benzene rings is 1. The summed E-state index contributed by atoms with van der Waals surface area (Å²) in [5, 5.41) is 13.2. The molecule has 2 N–H and O–H groups in total. The average Bonchev–Trinajstić information content (AvgIpc) is 2.83. The summed E-state index contributed by atoms with van der Waals surface area (Å²) in [6, 6.07) is 5.68. The number of halogens is 3. The maximum absolute atomic E-state index is 12.0. The van der Waals surface area contributed by atoms with Crippen molar-refractivity contribution < 1.29 is 23.0 Å². The molecule has 2 rings (SSSR count). The number of aliphatic hydroxyl groups excluding tert-OH is 1. The number of hydrogen-bond acceptors (Lipinski definition) is 3. The zero-order valence-electron chi connectivity index (χ0n) is 10.3. The SMILES string of the molecule is OC(Cc1ccc(OC(F)(F)F)cc1)C1CCCN1. The monoisotopic (exact) mass is 275 g/mol. The minimum absolute atomic E-state index is 0.0751. The molecule has 106 valence electrons. The molecule has 2 unspecified atom stereocenters. The fraction of sp³-hybridized carbons (Fsp3) is 0.538. The number of aliphatic hydroxyl groups is 1. The second-order valence-corrected chi connectivity index (χ2v) is 4.67. The summed E-state index contributed by atoms with van der Waals surface area (Å²) < 4.78 is 39.7. The highest BCUT2D eigenvalue weighted by Gasteiger charge is 2.31. The summed E-state index contributed by atoms with van der Waals surface area (Å²) in [4.78, 5) is 0. The third-order valence-corrected chi connectivity index (χ3v) is 3.16. The highest BCUT2D eigenvalue weighted by molar-refractivity contribution is 5.28. The molecule has 1 saturated heterocycles. The van der Waals surface area contributed by atoms with Gasteiger partial charge in [0.2, 0.25) is 0 Å². The number of hydrogen-bond donors (Lipinski definition) is 2. The van der Waals surface area contributed by atoms with E-state index in [0.717, 1.165) is 24.9 Å². The van der Waals surface area contributed by atoms with E-state index in [1.54, 1.807) is 12.1 Å². The lowest BCUT2D eigenvalue weighted by Crippen LogP contribution is -2.36. The largest absolute Gasteiger partial charge is 0.573 e. The van der Waals surface area contributed by atoms with E-state index in [1.165, 1.54) is 12.1 Å². The van der Waals surface area contributed by atoms with Crippen molar-refractivity contribution in [3.63, 3.8) is 0 Å². The van der Waals surface area contributed by atoms with Gasteiger partial charge < -0.3 is 15.2 Å². The zero-order chi connectivity index (χ0) is 13.9. The molecular weight excluding hydrogens is 259 g/mol. The molecule has 1 aliphatic rings. The molecule has 1 aromatic rings. The summed E-state index contributed by atoms with van der Waals surface area (Å²) in [5.41, 5.74) is 0.788. The van der Waals surface area contributed by atoms with E-state index in [0.29, 0.717) is 6.42 Å². The van der Waals surface area contributed by atoms with E-state index < -0.39 is 12.5 Å². The third-order valence-electron chi connectivity index (χ3n) is 3.16. The molecule has 0 spiro atoms. The van der Waals surface area contributed by atoms with Crippen molar-refractivity contribution >= 4 is 0 Å². The standard InChI is InChI=1S/C13H16F3NO2/c14-13(15,16)19-10-5-3-9(4-6-10)8-12(18)11-2-1-7-17-11/h3-6,11-12,17-18H,1-2,7-8H2. The van der Waals surface area contributed by atoms with Crippen LogP contribution in [0.5, 0.6) is 5.75 Å². The van der Waals surface area contributed by atoms with Crippen molar-refractivity contribution in [3.8, 4) is 5.75 Å². The Labute approximate surface area is 109 Å². The predicted octanol–water partition coefficient (Wildman–Crippen LogP) is 2.24. The van der Waals surface area contributed by atoms with Gasteiger partial charge in [-0.25, -0.2) is 0 Å². The van der Waals surface area contributed by atoms with Crippen LogP contribution < -0.4 is 10.1 Å². The number of ether oxygens (including phenoxy) is 1. The van der Waals surface area contributed by atoms with Crippen molar-refractivity contribution in [1.29, 1.82) is 0 Å². The predicted molar refractivity (Wildman–Crippen MR) is 63.9 cm³/mol. The van der Waals surface area contributed by atoms with Gasteiger partial charge in [-0.05, 0) is 43.5 Å². The molecule has 1 heterocycles. The normalized spacial score (nSPS) is 21.4. The lowest BCUT2D eigenvalue weighted by atomic mass is 10.0. The smallest absolute Gasteiger partial charge is 0.406 e. The van der Waals surface area contributed by atoms with Crippen molar-refractivity contribution in [2.75, 3.05) is 6.54 Å². The van der Waals surface area contributed by atoms with E-state index >= 15 is 0 Å². The molecular formula is C13H16F3NO2. The highest BCUT2D eigenvalue weighted by atomic mass is 19.4. The first kappa shape index (κ1) is 14.1. The molecule has 3 nitrogen and oxygen atoms in total. The first-order valence-corrected chi connectivity index (χ1v) is 6.20. The second-order valence-electron chi connectivity index (χ2n) is 4.67. The van der Waals surface area contributed by atoms with Gasteiger partial charge in [0.15, 0.2) is 0 Å². The molecule has 0 saturated carbocycles. The van der Waals surface area contributed by atoms with Crippen LogP contribution in [-0.4, -0.2) is 30.2 Å². The highest BCUT2D eigenvalue weighted by Crippen LogP contribution is 2.23. The summed E-state index contributed by atoms with van der Waals surface area (Å²) in [6.45, 7) is 0.903. The van der Waals surface area contributed by atoms with Crippen molar-refractivity contribution in [2.45, 2.75) is 37.8 Å². The molecule has 6 heteroatoms. The molecule has 19 heavy (non-hydrogen) atoms. The minimum atomic E-state index is -4.67. The number of nitrogens with one attached hydrogen (secondary N) is 1. The van der Waals surface area contributed by atoms with Gasteiger partial charge in [0, 0.05) is 6.04 Å². The lowest BCUT2D eigenvalue weighted by molar-refractivity contribution is -0.274. The van der Waals surface area contributed by atoms with Crippen LogP contribution in [-0.2, 0) is 6.42 Å². The van der Waals surface area contributed by atoms with Crippen LogP contribution in [0.3, 0.4) is 0 Å². The van der Waals surface area contributed by atoms with Crippen molar-refractivity contribution in [1.82, 2.24) is 5.32 Å². The maximum Gasteiger partial charge on any atom is 0.573 e. The summed E-state index contributed by atoms with van der Waals surface area (Å²) >= 11 is 0. The summed E-state index contributed by atoms with van der Waals surface area (Å²) in [7, 11) is 0. The van der Waals surface area contributed by atoms with Crippen LogP contribution in [0.1, 0.15) is 18.4 Å². The molecule has 0 bridgehead atoms. The van der Waals surface area contributed by atoms with Gasteiger partial charge in [-0.1, -0.05) is 12.1 Å². The van der Waals surface area contributed by atoms with Gasteiger partial charge in [0.05, 0.1) is 6.10 Å². The molecule has 1 fully saturated rings. The van der Waals surface area contributed by atoms with Gasteiger partial charge in [-0.3, -0.25) is 0 Å². The van der Waals surface area contributed by atoms with Crippen LogP contribution >= 0.6 is 0 Å². The van der Waals surface area contributed by atoms with Gasteiger partial charge in [-0.15, -0.1) is 13.2 Å².